The smallest absolute Gasteiger partial charge is 0.256 e. The maximum atomic E-state index is 16.0. The van der Waals surface area contributed by atoms with Gasteiger partial charge in [0.05, 0.1) is 37.3 Å². The molecule has 2 aliphatic rings. The Balaban J connectivity index is 1.24. The highest BCUT2D eigenvalue weighted by molar-refractivity contribution is 6.15. The molecule has 48 heavy (non-hydrogen) atoms. The lowest BCUT2D eigenvalue weighted by Gasteiger charge is -2.26. The van der Waals surface area contributed by atoms with Crippen LogP contribution in [0, 0.1) is 5.82 Å². The zero-order valence-electron chi connectivity index (χ0n) is 26.5. The Labute approximate surface area is 274 Å². The van der Waals surface area contributed by atoms with E-state index in [1.165, 1.54) is 12.3 Å². The topological polar surface area (TPSA) is 118 Å². The number of anilines is 1. The summed E-state index contributed by atoms with van der Waals surface area (Å²) in [5, 5.41) is 8.72. The van der Waals surface area contributed by atoms with Crippen molar-refractivity contribution in [1.29, 1.82) is 0 Å². The Bertz CT molecular complexity index is 2290. The van der Waals surface area contributed by atoms with E-state index in [1.54, 1.807) is 16.5 Å². The van der Waals surface area contributed by atoms with Gasteiger partial charge in [-0.05, 0) is 41.9 Å². The quantitative estimate of drug-likeness (QED) is 0.137. The highest BCUT2D eigenvalue weighted by Gasteiger charge is 2.24. The number of carbonyl (C=O) groups is 1. The number of hydrogen-bond donors (Lipinski definition) is 2. The van der Waals surface area contributed by atoms with Crippen molar-refractivity contribution < 1.29 is 23.1 Å². The average molecular weight is 654 g/mol. The van der Waals surface area contributed by atoms with Crippen LogP contribution in [0.2, 0.25) is 0 Å². The second kappa shape index (κ2) is 12.8. The molecular formula is C36H36FN5O6. The van der Waals surface area contributed by atoms with E-state index in [0.717, 1.165) is 43.5 Å². The molecule has 0 saturated carbocycles. The summed E-state index contributed by atoms with van der Waals surface area (Å²) in [5.41, 5.74) is 0.668. The molecule has 2 aromatic heterocycles. The van der Waals surface area contributed by atoms with Crippen molar-refractivity contribution in [3.63, 3.8) is 0 Å². The fourth-order valence-corrected chi connectivity index (χ4v) is 7.05. The van der Waals surface area contributed by atoms with Crippen LogP contribution in [-0.2, 0) is 9.47 Å². The predicted octanol–water partition coefficient (Wildman–Crippen LogP) is 3.64. The number of aromatic nitrogens is 1. The summed E-state index contributed by atoms with van der Waals surface area (Å²) in [7, 11) is 0. The van der Waals surface area contributed by atoms with E-state index in [1.807, 2.05) is 24.3 Å². The first-order chi connectivity index (χ1) is 23.5. The number of fused-ring (bicyclic) bond motifs is 5. The van der Waals surface area contributed by atoms with Crippen molar-refractivity contribution in [3.8, 4) is 0 Å². The molecule has 2 saturated heterocycles. The Morgan fingerprint density at radius 1 is 0.792 bits per heavy atom. The molecule has 4 heterocycles. The zero-order chi connectivity index (χ0) is 32.8. The molecule has 2 N–H and O–H groups in total. The number of benzene rings is 3. The van der Waals surface area contributed by atoms with Gasteiger partial charge in [0.15, 0.2) is 22.4 Å². The summed E-state index contributed by atoms with van der Waals surface area (Å²) in [5.74, 6) is -1.20. The van der Waals surface area contributed by atoms with Gasteiger partial charge in [-0.15, -0.1) is 0 Å². The molecule has 248 valence electrons. The predicted molar refractivity (Wildman–Crippen MR) is 183 cm³/mol. The first kappa shape index (κ1) is 30.7. The molecule has 1 amide bonds. The number of morpholine rings is 2. The number of pyridine rings is 1. The van der Waals surface area contributed by atoms with E-state index in [2.05, 4.69) is 20.4 Å². The van der Waals surface area contributed by atoms with Crippen LogP contribution in [-0.4, -0.2) is 98.9 Å². The van der Waals surface area contributed by atoms with Crippen LogP contribution in [0.15, 0.2) is 62.7 Å². The third-order valence-electron chi connectivity index (χ3n) is 9.59. The van der Waals surface area contributed by atoms with Gasteiger partial charge >= 0.3 is 0 Å². The van der Waals surface area contributed by atoms with Crippen molar-refractivity contribution in [2.45, 2.75) is 6.42 Å². The number of ether oxygens (including phenoxy) is 2. The van der Waals surface area contributed by atoms with Crippen molar-refractivity contribution >= 4 is 60.7 Å². The van der Waals surface area contributed by atoms with Gasteiger partial charge in [-0.25, -0.2) is 4.39 Å². The number of halogens is 1. The number of amides is 1. The molecule has 0 unspecified atom stereocenters. The lowest BCUT2D eigenvalue weighted by atomic mass is 10.1. The Morgan fingerprint density at radius 3 is 2.25 bits per heavy atom. The number of nitrogens with one attached hydrogen (secondary N) is 2. The lowest BCUT2D eigenvalue weighted by Crippen LogP contribution is -2.39. The molecule has 4 aromatic carbocycles. The Kier molecular flexibility index (Phi) is 8.17. The van der Waals surface area contributed by atoms with E-state index < -0.39 is 17.2 Å². The number of hydrogen-bond acceptors (Lipinski definition) is 9. The van der Waals surface area contributed by atoms with Crippen LogP contribution in [0.1, 0.15) is 16.8 Å². The molecule has 0 aliphatic carbocycles. The summed E-state index contributed by atoms with van der Waals surface area (Å²) in [6.07, 6.45) is 2.22. The highest BCUT2D eigenvalue weighted by atomic mass is 19.1. The molecule has 12 heteroatoms. The second-order valence-electron chi connectivity index (χ2n) is 12.5. The van der Waals surface area contributed by atoms with Crippen molar-refractivity contribution in [2.24, 2.45) is 0 Å². The zero-order valence-corrected chi connectivity index (χ0v) is 26.5. The monoisotopic (exact) mass is 653 g/mol. The maximum Gasteiger partial charge on any atom is 0.256 e. The molecular weight excluding hydrogens is 617 g/mol. The standard InChI is InChI=1S/C36H36FN5O6/c37-28-18-26-32-35(31(28)38-7-9-41-12-16-47-17-13-41)48-30-20-25-24(22-4-1-2-5-23(22)33(25)43)19-29(30)42(32)21-27(34(26)44)36(45)39-6-3-8-40-10-14-46-15-11-40/h1-2,4-5,18-21,38H,3,6-17H2,(H,39,45). The van der Waals surface area contributed by atoms with E-state index >= 15 is 4.39 Å². The van der Waals surface area contributed by atoms with Crippen LogP contribution in [0.4, 0.5) is 10.1 Å². The van der Waals surface area contributed by atoms with Gasteiger partial charge in [0, 0.05) is 62.8 Å². The minimum absolute atomic E-state index is 0.0322. The van der Waals surface area contributed by atoms with E-state index in [-0.39, 0.29) is 27.6 Å². The van der Waals surface area contributed by atoms with Crippen molar-refractivity contribution in [3.05, 3.63) is 80.5 Å². The van der Waals surface area contributed by atoms with Gasteiger partial charge < -0.3 is 28.9 Å². The first-order valence-corrected chi connectivity index (χ1v) is 16.5. The van der Waals surface area contributed by atoms with Crippen LogP contribution in [0.25, 0.3) is 49.1 Å². The van der Waals surface area contributed by atoms with Gasteiger partial charge in [0.2, 0.25) is 5.43 Å². The summed E-state index contributed by atoms with van der Waals surface area (Å²) >= 11 is 0. The Hall–Kier alpha value is -4.62. The third kappa shape index (κ3) is 5.44. The first-order valence-electron chi connectivity index (χ1n) is 16.5. The van der Waals surface area contributed by atoms with Gasteiger partial charge in [-0.2, -0.15) is 0 Å². The van der Waals surface area contributed by atoms with E-state index in [4.69, 9.17) is 13.9 Å². The molecule has 0 spiro atoms. The molecule has 8 rings (SSSR count). The van der Waals surface area contributed by atoms with Gasteiger partial charge in [0.1, 0.15) is 16.8 Å². The lowest BCUT2D eigenvalue weighted by molar-refractivity contribution is 0.0374. The largest absolute Gasteiger partial charge is 0.451 e. The van der Waals surface area contributed by atoms with Crippen LogP contribution < -0.4 is 21.5 Å². The summed E-state index contributed by atoms with van der Waals surface area (Å²) in [6, 6.07) is 12.1. The van der Waals surface area contributed by atoms with Crippen molar-refractivity contribution in [2.75, 3.05) is 84.1 Å². The number of carbonyl (C=O) groups excluding carboxylic acids is 1. The summed E-state index contributed by atoms with van der Waals surface area (Å²) in [4.78, 5) is 45.3. The normalized spacial score (nSPS) is 16.5. The molecule has 0 bridgehead atoms. The second-order valence-corrected chi connectivity index (χ2v) is 12.5. The minimum Gasteiger partial charge on any atom is -0.451 e. The molecule has 6 aromatic rings. The minimum atomic E-state index is -0.667. The van der Waals surface area contributed by atoms with Crippen LogP contribution >= 0.6 is 0 Å². The number of rotatable bonds is 9. The van der Waals surface area contributed by atoms with Gasteiger partial charge in [-0.3, -0.25) is 24.2 Å². The maximum absolute atomic E-state index is 16.0. The average Bonchev–Trinajstić information content (AvgIpc) is 3.39. The highest BCUT2D eigenvalue weighted by Crippen LogP contribution is 2.36. The summed E-state index contributed by atoms with van der Waals surface area (Å²) in [6.45, 7) is 8.25. The van der Waals surface area contributed by atoms with Crippen molar-refractivity contribution in [1.82, 2.24) is 19.5 Å². The van der Waals surface area contributed by atoms with E-state index in [0.29, 0.717) is 79.9 Å². The fourth-order valence-electron chi connectivity index (χ4n) is 7.05. The summed E-state index contributed by atoms with van der Waals surface area (Å²) < 4.78 is 35.0. The van der Waals surface area contributed by atoms with Gasteiger partial charge in [0.25, 0.3) is 5.91 Å². The molecule has 0 atom stereocenters. The molecule has 2 fully saturated rings. The van der Waals surface area contributed by atoms with Crippen LogP contribution in [0.3, 0.4) is 0 Å². The van der Waals surface area contributed by atoms with E-state index in [9.17, 15) is 14.4 Å². The third-order valence-corrected chi connectivity index (χ3v) is 9.59. The van der Waals surface area contributed by atoms with Crippen LogP contribution in [0.5, 0.6) is 0 Å². The van der Waals surface area contributed by atoms with Gasteiger partial charge in [-0.1, -0.05) is 24.3 Å². The Morgan fingerprint density at radius 2 is 1.50 bits per heavy atom. The number of nitrogens with zero attached hydrogens (tertiary/aromatic N) is 3. The SMILES string of the molecule is O=C(NCCCN1CCOCC1)c1cn2c3cc4c(cc3oc3c(NCCN5CCOCC5)c(F)cc(c1=O)c32)c(=O)c1ccccc14. The molecule has 11 nitrogen and oxygen atoms in total. The molecule has 0 radical (unpaired) electrons. The fraction of sp³-hybridized carbons (Fsp3) is 0.361. The molecule has 2 aliphatic heterocycles.